The molecule has 0 N–H and O–H groups in total. The average Bonchev–Trinajstić information content (AvgIpc) is 3.82. The normalized spacial score (nSPS) is 11.6. The topological polar surface area (TPSA) is 16.4 Å². The van der Waals surface area contributed by atoms with Gasteiger partial charge in [0.25, 0.3) is 0 Å². The number of rotatable bonds is 6. The molecule has 0 saturated heterocycles. The lowest BCUT2D eigenvalue weighted by Crippen LogP contribution is -2.09. The third-order valence-corrected chi connectivity index (χ3v) is 12.0. The third-order valence-electron chi connectivity index (χ3n) is 10.8. The van der Waals surface area contributed by atoms with Crippen molar-refractivity contribution in [2.24, 2.45) is 0 Å². The third kappa shape index (κ3) is 5.56. The highest BCUT2D eigenvalue weighted by atomic mass is 32.1. The summed E-state index contributed by atoms with van der Waals surface area (Å²) in [5.41, 5.74) is 12.2. The van der Waals surface area contributed by atoms with Gasteiger partial charge in [0, 0.05) is 48.0 Å². The summed E-state index contributed by atoms with van der Waals surface area (Å²) in [5, 5.41) is 7.33. The Labute approximate surface area is 322 Å². The van der Waals surface area contributed by atoms with E-state index in [2.05, 4.69) is 193 Å². The van der Waals surface area contributed by atoms with E-state index >= 15 is 0 Å². The van der Waals surface area contributed by atoms with E-state index < -0.39 is 0 Å². The van der Waals surface area contributed by atoms with Gasteiger partial charge in [-0.05, 0) is 135 Å². The molecule has 9 aromatic carbocycles. The monoisotopic (exact) mass is 719 g/mol. The largest absolute Gasteiger partial charge is 0.456 e. The molecule has 2 nitrogen and oxygen atoms in total. The molecule has 0 aliphatic carbocycles. The van der Waals surface area contributed by atoms with Crippen LogP contribution in [-0.2, 0) is 0 Å². The van der Waals surface area contributed by atoms with Crippen molar-refractivity contribution in [3.05, 3.63) is 200 Å². The van der Waals surface area contributed by atoms with E-state index in [1.807, 2.05) is 23.5 Å². The van der Waals surface area contributed by atoms with Crippen LogP contribution >= 0.6 is 11.3 Å². The molecule has 0 amide bonds. The molecule has 0 radical (unpaired) electrons. The second-order valence-electron chi connectivity index (χ2n) is 14.2. The van der Waals surface area contributed by atoms with E-state index in [4.69, 9.17) is 4.42 Å². The molecule has 258 valence electrons. The first-order valence-corrected chi connectivity index (χ1v) is 19.5. The van der Waals surface area contributed by atoms with Crippen LogP contribution < -0.4 is 4.90 Å². The van der Waals surface area contributed by atoms with Gasteiger partial charge in [-0.1, -0.05) is 109 Å². The quantitative estimate of drug-likeness (QED) is 0.170. The molecule has 0 atom stereocenters. The van der Waals surface area contributed by atoms with Crippen molar-refractivity contribution >= 4 is 81.3 Å². The zero-order chi connectivity index (χ0) is 36.3. The number of nitrogens with zero attached hydrogens (tertiary/aromatic N) is 1. The van der Waals surface area contributed by atoms with Gasteiger partial charge in [0.15, 0.2) is 0 Å². The van der Waals surface area contributed by atoms with Gasteiger partial charge >= 0.3 is 0 Å². The predicted octanol–water partition coefficient (Wildman–Crippen LogP) is 15.6. The van der Waals surface area contributed by atoms with Crippen LogP contribution in [0, 0.1) is 0 Å². The first-order chi connectivity index (χ1) is 27.2. The molecule has 0 aliphatic heterocycles. The van der Waals surface area contributed by atoms with Crippen molar-refractivity contribution in [3.8, 4) is 33.4 Å². The molecular weight excluding hydrogens is 687 g/mol. The maximum atomic E-state index is 6.21. The van der Waals surface area contributed by atoms with Crippen molar-refractivity contribution < 1.29 is 4.42 Å². The van der Waals surface area contributed by atoms with Crippen LogP contribution in [0.15, 0.2) is 205 Å². The number of anilines is 3. The molecule has 3 heteroatoms. The van der Waals surface area contributed by atoms with Gasteiger partial charge < -0.3 is 9.32 Å². The molecule has 11 rings (SSSR count). The summed E-state index contributed by atoms with van der Waals surface area (Å²) in [7, 11) is 0. The molecule has 0 unspecified atom stereocenters. The second kappa shape index (κ2) is 12.9. The molecule has 2 aromatic heterocycles. The van der Waals surface area contributed by atoms with Crippen LogP contribution in [0.25, 0.3) is 86.3 Å². The van der Waals surface area contributed by atoms with E-state index in [0.29, 0.717) is 0 Å². The van der Waals surface area contributed by atoms with Gasteiger partial charge in [-0.2, -0.15) is 0 Å². The number of para-hydroxylation sites is 2. The molecule has 55 heavy (non-hydrogen) atoms. The number of thiophene rings is 1. The molecule has 0 fully saturated rings. The summed E-state index contributed by atoms with van der Waals surface area (Å²) >= 11 is 1.86. The summed E-state index contributed by atoms with van der Waals surface area (Å²) in [6.07, 6.45) is 0. The maximum absolute atomic E-state index is 6.21. The molecule has 0 saturated carbocycles. The smallest absolute Gasteiger partial charge is 0.135 e. The Morgan fingerprint density at radius 3 is 1.69 bits per heavy atom. The number of benzene rings is 9. The van der Waals surface area contributed by atoms with Gasteiger partial charge in [-0.25, -0.2) is 0 Å². The Morgan fingerprint density at radius 2 is 0.873 bits per heavy atom. The first-order valence-electron chi connectivity index (χ1n) is 18.6. The number of hydrogen-bond donors (Lipinski definition) is 0. The summed E-state index contributed by atoms with van der Waals surface area (Å²) in [4.78, 5) is 2.34. The summed E-state index contributed by atoms with van der Waals surface area (Å²) < 4.78 is 8.84. The molecule has 0 bridgehead atoms. The zero-order valence-electron chi connectivity index (χ0n) is 29.8. The standard InChI is InChI=1S/C52H33NOS/c1-2-12-42(13-3-1)53(44-25-20-34-10-4-5-11-36(34)31-44)43-23-18-35(19-24-43)39-28-40(37-21-26-50-47(32-37)45-14-6-8-16-49(45)54-50)30-41(29-39)38-22-27-52-48(33-38)46-15-7-9-17-51(46)55-52/h1-33H. The van der Waals surface area contributed by atoms with Gasteiger partial charge in [0.1, 0.15) is 11.2 Å². The molecule has 0 aliphatic rings. The predicted molar refractivity (Wildman–Crippen MR) is 235 cm³/mol. The number of fused-ring (bicyclic) bond motifs is 7. The fourth-order valence-corrected chi connectivity index (χ4v) is 9.17. The van der Waals surface area contributed by atoms with Crippen LogP contribution in [0.3, 0.4) is 0 Å². The summed E-state index contributed by atoms with van der Waals surface area (Å²) in [6.45, 7) is 0. The van der Waals surface area contributed by atoms with Crippen molar-refractivity contribution in [1.29, 1.82) is 0 Å². The average molecular weight is 720 g/mol. The Bertz CT molecular complexity index is 3080. The Morgan fingerprint density at radius 1 is 0.309 bits per heavy atom. The molecular formula is C52H33NOS. The Balaban J connectivity index is 1.06. The fraction of sp³-hybridized carbons (Fsp3) is 0. The van der Waals surface area contributed by atoms with E-state index in [0.717, 1.165) is 50.1 Å². The zero-order valence-corrected chi connectivity index (χ0v) is 30.6. The van der Waals surface area contributed by atoms with Gasteiger partial charge in [-0.3, -0.25) is 0 Å². The Hall–Kier alpha value is -6.94. The van der Waals surface area contributed by atoms with Crippen molar-refractivity contribution in [2.75, 3.05) is 4.90 Å². The number of furan rings is 1. The van der Waals surface area contributed by atoms with Gasteiger partial charge in [0.05, 0.1) is 0 Å². The molecule has 2 heterocycles. The van der Waals surface area contributed by atoms with Crippen LogP contribution in [0.4, 0.5) is 17.1 Å². The van der Waals surface area contributed by atoms with Crippen molar-refractivity contribution in [2.45, 2.75) is 0 Å². The van der Waals surface area contributed by atoms with Crippen LogP contribution in [-0.4, -0.2) is 0 Å². The highest BCUT2D eigenvalue weighted by Crippen LogP contribution is 2.41. The Kier molecular flexibility index (Phi) is 7.39. The van der Waals surface area contributed by atoms with E-state index in [-0.39, 0.29) is 0 Å². The van der Waals surface area contributed by atoms with Gasteiger partial charge in [0.2, 0.25) is 0 Å². The molecule has 0 spiro atoms. The lowest BCUT2D eigenvalue weighted by atomic mass is 9.92. The minimum absolute atomic E-state index is 0.904. The second-order valence-corrected chi connectivity index (χ2v) is 15.3. The van der Waals surface area contributed by atoms with E-state index in [1.165, 1.54) is 53.2 Å². The lowest BCUT2D eigenvalue weighted by Gasteiger charge is -2.26. The van der Waals surface area contributed by atoms with Crippen LogP contribution in [0.1, 0.15) is 0 Å². The van der Waals surface area contributed by atoms with Crippen molar-refractivity contribution in [3.63, 3.8) is 0 Å². The lowest BCUT2D eigenvalue weighted by molar-refractivity contribution is 0.669. The van der Waals surface area contributed by atoms with E-state index in [1.54, 1.807) is 0 Å². The van der Waals surface area contributed by atoms with Crippen LogP contribution in [0.2, 0.25) is 0 Å². The minimum Gasteiger partial charge on any atom is -0.456 e. The molecule has 11 aromatic rings. The fourth-order valence-electron chi connectivity index (χ4n) is 8.08. The first kappa shape index (κ1) is 31.6. The van der Waals surface area contributed by atoms with Gasteiger partial charge in [-0.15, -0.1) is 11.3 Å². The maximum Gasteiger partial charge on any atom is 0.135 e. The summed E-state index contributed by atoms with van der Waals surface area (Å²) in [5.74, 6) is 0. The van der Waals surface area contributed by atoms with Crippen LogP contribution in [0.5, 0.6) is 0 Å². The SMILES string of the molecule is c1ccc(N(c2ccc(-c3cc(-c4ccc5oc6ccccc6c5c4)cc(-c4ccc5sc6ccccc6c5c4)c3)cc2)c2ccc3ccccc3c2)cc1. The van der Waals surface area contributed by atoms with E-state index in [9.17, 15) is 0 Å². The highest BCUT2D eigenvalue weighted by Gasteiger charge is 2.16. The van der Waals surface area contributed by atoms with Crippen molar-refractivity contribution in [1.82, 2.24) is 0 Å². The number of hydrogen-bond acceptors (Lipinski definition) is 3. The minimum atomic E-state index is 0.904. The highest BCUT2D eigenvalue weighted by molar-refractivity contribution is 7.25. The summed E-state index contributed by atoms with van der Waals surface area (Å²) in [6, 6.07) is 72.4.